The molecule has 5 aromatic heterocycles. The van der Waals surface area contributed by atoms with Crippen LogP contribution in [-0.4, -0.2) is 78.5 Å². The first-order valence-corrected chi connectivity index (χ1v) is 9.88. The van der Waals surface area contributed by atoms with E-state index in [1.54, 1.807) is 12.4 Å². The largest absolute Gasteiger partial charge is 0.352 e. The second-order valence-corrected chi connectivity index (χ2v) is 7.58. The van der Waals surface area contributed by atoms with Crippen molar-refractivity contribution in [2.24, 2.45) is 0 Å². The molecular weight excluding hydrogens is 380 g/mol. The predicted octanol–water partition coefficient (Wildman–Crippen LogP) is 2.04. The molecule has 1 saturated heterocycles. The van der Waals surface area contributed by atoms with E-state index in [2.05, 4.69) is 52.2 Å². The molecule has 10 nitrogen and oxygen atoms in total. The van der Waals surface area contributed by atoms with E-state index in [9.17, 15) is 0 Å². The quantitative estimate of drug-likeness (QED) is 0.424. The minimum absolute atomic E-state index is 0.712. The Balaban J connectivity index is 1.45. The van der Waals surface area contributed by atoms with Crippen LogP contribution in [0.2, 0.25) is 0 Å². The van der Waals surface area contributed by atoms with Crippen LogP contribution in [0.5, 0.6) is 0 Å². The van der Waals surface area contributed by atoms with Gasteiger partial charge in [-0.2, -0.15) is 10.2 Å². The number of hydrogen-bond acceptors (Lipinski definition) is 7. The van der Waals surface area contributed by atoms with Crippen molar-refractivity contribution >= 4 is 27.8 Å². The van der Waals surface area contributed by atoms with Crippen LogP contribution in [0.25, 0.3) is 44.7 Å². The summed E-state index contributed by atoms with van der Waals surface area (Å²) < 4.78 is 0. The molecule has 6 heterocycles. The maximum atomic E-state index is 4.90. The van der Waals surface area contributed by atoms with Crippen molar-refractivity contribution in [2.45, 2.75) is 0 Å². The normalized spacial score (nSPS) is 15.4. The molecular formula is C20H20N10. The molecule has 0 radical (unpaired) electrons. The van der Waals surface area contributed by atoms with Crippen LogP contribution in [0.1, 0.15) is 0 Å². The Labute approximate surface area is 171 Å². The summed E-state index contributed by atoms with van der Waals surface area (Å²) in [6, 6.07) is 3.96. The molecule has 0 unspecified atom stereocenters. The van der Waals surface area contributed by atoms with Crippen molar-refractivity contribution < 1.29 is 0 Å². The first-order chi connectivity index (χ1) is 14.8. The van der Waals surface area contributed by atoms with Crippen molar-refractivity contribution in [1.82, 2.24) is 45.2 Å². The van der Waals surface area contributed by atoms with Gasteiger partial charge in [-0.3, -0.25) is 15.2 Å². The number of aromatic amines is 3. The highest BCUT2D eigenvalue weighted by Crippen LogP contribution is 2.31. The van der Waals surface area contributed by atoms with Crippen molar-refractivity contribution in [3.8, 4) is 22.8 Å². The van der Waals surface area contributed by atoms with E-state index >= 15 is 0 Å². The number of imidazole rings is 1. The van der Waals surface area contributed by atoms with Crippen LogP contribution in [0.4, 0.5) is 5.82 Å². The van der Waals surface area contributed by atoms with Crippen LogP contribution in [0.3, 0.4) is 0 Å². The fourth-order valence-corrected chi connectivity index (χ4v) is 3.93. The SMILES string of the molecule is CN1CCN(c2nccc3[nH]c(-c4n[nH]c5cnc(-c6cn[nH]c6)cc45)nc23)CC1. The summed E-state index contributed by atoms with van der Waals surface area (Å²) in [5, 5.41) is 15.4. The van der Waals surface area contributed by atoms with Crippen LogP contribution in [-0.2, 0) is 0 Å². The third kappa shape index (κ3) is 2.72. The summed E-state index contributed by atoms with van der Waals surface area (Å²) in [6.45, 7) is 3.91. The Morgan fingerprint density at radius 2 is 1.93 bits per heavy atom. The molecule has 1 aliphatic heterocycles. The second-order valence-electron chi connectivity index (χ2n) is 7.58. The predicted molar refractivity (Wildman–Crippen MR) is 114 cm³/mol. The summed E-state index contributed by atoms with van der Waals surface area (Å²) in [4.78, 5) is 22.1. The lowest BCUT2D eigenvalue weighted by atomic mass is 10.1. The lowest BCUT2D eigenvalue weighted by Gasteiger charge is -2.33. The Kier molecular flexibility index (Phi) is 3.78. The summed E-state index contributed by atoms with van der Waals surface area (Å²) >= 11 is 0. The number of nitrogens with one attached hydrogen (secondary N) is 3. The maximum Gasteiger partial charge on any atom is 0.159 e. The number of anilines is 1. The summed E-state index contributed by atoms with van der Waals surface area (Å²) in [5.74, 6) is 1.63. The highest BCUT2D eigenvalue weighted by Gasteiger charge is 2.21. The Hall–Kier alpha value is -3.79. The van der Waals surface area contributed by atoms with Crippen molar-refractivity contribution in [1.29, 1.82) is 0 Å². The molecule has 0 aliphatic carbocycles. The smallest absolute Gasteiger partial charge is 0.159 e. The average molecular weight is 400 g/mol. The summed E-state index contributed by atoms with van der Waals surface area (Å²) in [6.07, 6.45) is 7.20. The lowest BCUT2D eigenvalue weighted by molar-refractivity contribution is 0.312. The number of likely N-dealkylation sites (N-methyl/N-ethyl adjacent to an activating group) is 1. The second kappa shape index (κ2) is 6.63. The minimum atomic E-state index is 0.712. The third-order valence-electron chi connectivity index (χ3n) is 5.65. The first kappa shape index (κ1) is 17.1. The number of hydrogen-bond donors (Lipinski definition) is 3. The Bertz CT molecular complexity index is 1320. The van der Waals surface area contributed by atoms with Gasteiger partial charge < -0.3 is 14.8 Å². The summed E-state index contributed by atoms with van der Waals surface area (Å²) in [5.41, 5.74) is 5.20. The van der Waals surface area contributed by atoms with Crippen molar-refractivity contribution in [3.05, 3.63) is 36.9 Å². The topological polar surface area (TPSA) is 118 Å². The standard InChI is InChI=1S/C20H20N10/c1-29-4-6-30(7-5-29)20-18-14(2-3-21-20)25-19(26-18)17-13-8-15(12-9-23-24-10-12)22-11-16(13)27-28-17/h2-3,8-11H,4-7H2,1H3,(H,23,24)(H,25,26)(H,27,28). The summed E-state index contributed by atoms with van der Waals surface area (Å²) in [7, 11) is 2.15. The van der Waals surface area contributed by atoms with Crippen LogP contribution < -0.4 is 4.90 Å². The number of fused-ring (bicyclic) bond motifs is 2. The minimum Gasteiger partial charge on any atom is -0.352 e. The number of rotatable bonds is 3. The van der Waals surface area contributed by atoms with Gasteiger partial charge in [0.15, 0.2) is 11.6 Å². The zero-order valence-corrected chi connectivity index (χ0v) is 16.4. The van der Waals surface area contributed by atoms with Gasteiger partial charge in [0, 0.05) is 49.5 Å². The molecule has 0 saturated carbocycles. The van der Waals surface area contributed by atoms with E-state index in [1.807, 2.05) is 24.5 Å². The zero-order chi connectivity index (χ0) is 20.1. The highest BCUT2D eigenvalue weighted by molar-refractivity contribution is 5.96. The zero-order valence-electron chi connectivity index (χ0n) is 16.4. The van der Waals surface area contributed by atoms with Crippen LogP contribution in [0, 0.1) is 0 Å². The van der Waals surface area contributed by atoms with Crippen LogP contribution in [0.15, 0.2) is 36.9 Å². The molecule has 10 heteroatoms. The van der Waals surface area contributed by atoms with Gasteiger partial charge in [-0.05, 0) is 19.2 Å². The number of aromatic nitrogens is 8. The third-order valence-corrected chi connectivity index (χ3v) is 5.65. The van der Waals surface area contributed by atoms with E-state index in [0.717, 1.165) is 70.9 Å². The number of H-pyrrole nitrogens is 3. The fourth-order valence-electron chi connectivity index (χ4n) is 3.93. The molecule has 30 heavy (non-hydrogen) atoms. The maximum absolute atomic E-state index is 4.90. The molecule has 0 aromatic carbocycles. The fraction of sp³-hybridized carbons (Fsp3) is 0.250. The van der Waals surface area contributed by atoms with E-state index in [0.29, 0.717) is 5.82 Å². The number of piperazine rings is 1. The Morgan fingerprint density at radius 1 is 1.03 bits per heavy atom. The van der Waals surface area contributed by atoms with Gasteiger partial charge in [0.05, 0.1) is 29.1 Å². The molecule has 0 atom stereocenters. The van der Waals surface area contributed by atoms with Gasteiger partial charge in [0.25, 0.3) is 0 Å². The molecule has 1 aliphatic rings. The molecule has 3 N–H and O–H groups in total. The van der Waals surface area contributed by atoms with E-state index in [-0.39, 0.29) is 0 Å². The van der Waals surface area contributed by atoms with E-state index in [4.69, 9.17) is 4.98 Å². The molecule has 0 bridgehead atoms. The monoisotopic (exact) mass is 400 g/mol. The highest BCUT2D eigenvalue weighted by atomic mass is 15.3. The van der Waals surface area contributed by atoms with Crippen LogP contribution >= 0.6 is 0 Å². The van der Waals surface area contributed by atoms with Gasteiger partial charge in [-0.25, -0.2) is 9.97 Å². The molecule has 1 fully saturated rings. The molecule has 150 valence electrons. The first-order valence-electron chi connectivity index (χ1n) is 9.88. The number of pyridine rings is 2. The molecule has 0 spiro atoms. The molecule has 0 amide bonds. The van der Waals surface area contributed by atoms with E-state index in [1.165, 1.54) is 0 Å². The van der Waals surface area contributed by atoms with Gasteiger partial charge in [-0.15, -0.1) is 0 Å². The average Bonchev–Trinajstić information content (AvgIpc) is 3.52. The molecule has 6 rings (SSSR count). The van der Waals surface area contributed by atoms with Gasteiger partial charge in [0.1, 0.15) is 11.2 Å². The van der Waals surface area contributed by atoms with Gasteiger partial charge in [-0.1, -0.05) is 0 Å². The number of nitrogens with zero attached hydrogens (tertiary/aromatic N) is 7. The van der Waals surface area contributed by atoms with Gasteiger partial charge in [0.2, 0.25) is 0 Å². The van der Waals surface area contributed by atoms with E-state index < -0.39 is 0 Å². The van der Waals surface area contributed by atoms with Crippen molar-refractivity contribution in [3.63, 3.8) is 0 Å². The van der Waals surface area contributed by atoms with Crippen molar-refractivity contribution in [2.75, 3.05) is 38.1 Å². The van der Waals surface area contributed by atoms with Gasteiger partial charge >= 0.3 is 0 Å². The molecule has 5 aromatic rings. The lowest BCUT2D eigenvalue weighted by Crippen LogP contribution is -2.44. The Morgan fingerprint density at radius 3 is 2.77 bits per heavy atom.